The third kappa shape index (κ3) is 5.17. The maximum Gasteiger partial charge on any atom is 0.234 e. The van der Waals surface area contributed by atoms with Gasteiger partial charge in [-0.2, -0.15) is 0 Å². The predicted octanol–water partition coefficient (Wildman–Crippen LogP) is 2.37. The minimum absolute atomic E-state index is 0.00577. The van der Waals surface area contributed by atoms with Crippen LogP contribution in [0.1, 0.15) is 36.1 Å². The number of hydrogen-bond donors (Lipinski definition) is 2. The first-order valence-electron chi connectivity index (χ1n) is 9.13. The molecular formula is C21H26N2O3S. The zero-order valence-corrected chi connectivity index (χ0v) is 16.6. The second-order valence-corrected chi connectivity index (χ2v) is 9.77. The molecule has 1 aliphatic heterocycles. The van der Waals surface area contributed by atoms with E-state index in [1.165, 1.54) is 5.56 Å². The molecule has 2 aromatic carbocycles. The lowest BCUT2D eigenvalue weighted by Crippen LogP contribution is -2.50. The molecule has 1 heterocycles. The highest BCUT2D eigenvalue weighted by Crippen LogP contribution is 2.24. The quantitative estimate of drug-likeness (QED) is 0.799. The summed E-state index contributed by atoms with van der Waals surface area (Å²) in [7, 11) is -3.06. The van der Waals surface area contributed by atoms with Gasteiger partial charge in [0, 0.05) is 0 Å². The summed E-state index contributed by atoms with van der Waals surface area (Å²) < 4.78 is 23.4. The van der Waals surface area contributed by atoms with Crippen molar-refractivity contribution in [2.45, 2.75) is 31.8 Å². The molecule has 0 unspecified atom stereocenters. The number of hydrogen-bond acceptors (Lipinski definition) is 4. The van der Waals surface area contributed by atoms with Crippen LogP contribution in [0.2, 0.25) is 0 Å². The van der Waals surface area contributed by atoms with Crippen LogP contribution in [0.4, 0.5) is 0 Å². The van der Waals surface area contributed by atoms with Crippen molar-refractivity contribution in [1.82, 2.24) is 10.6 Å². The van der Waals surface area contributed by atoms with Crippen LogP contribution in [0.3, 0.4) is 0 Å². The normalized spacial score (nSPS) is 22.3. The number of rotatable bonds is 6. The molecular weight excluding hydrogens is 360 g/mol. The van der Waals surface area contributed by atoms with Crippen molar-refractivity contribution >= 4 is 15.7 Å². The summed E-state index contributed by atoms with van der Waals surface area (Å²) in [6.07, 6.45) is 0.459. The summed E-state index contributed by atoms with van der Waals surface area (Å²) in [6, 6.07) is 18.1. The lowest BCUT2D eigenvalue weighted by molar-refractivity contribution is -0.121. The third-order valence-corrected chi connectivity index (χ3v) is 6.86. The first-order valence-corrected chi connectivity index (χ1v) is 10.9. The number of benzene rings is 2. The molecule has 2 N–H and O–H groups in total. The summed E-state index contributed by atoms with van der Waals surface area (Å²) in [5.74, 6) is -0.0541. The van der Waals surface area contributed by atoms with Crippen LogP contribution in [-0.4, -0.2) is 37.9 Å². The van der Waals surface area contributed by atoms with Crippen molar-refractivity contribution in [2.24, 2.45) is 0 Å². The molecule has 0 radical (unpaired) electrons. The van der Waals surface area contributed by atoms with Crippen molar-refractivity contribution < 1.29 is 13.2 Å². The zero-order valence-electron chi connectivity index (χ0n) is 15.7. The van der Waals surface area contributed by atoms with E-state index >= 15 is 0 Å². The fourth-order valence-corrected chi connectivity index (χ4v) is 5.61. The lowest BCUT2D eigenvalue weighted by atomic mass is 9.97. The van der Waals surface area contributed by atoms with Crippen molar-refractivity contribution in [3.63, 3.8) is 0 Å². The maximum absolute atomic E-state index is 12.5. The molecule has 1 aliphatic rings. The fourth-order valence-electron chi connectivity index (χ4n) is 3.52. The highest BCUT2D eigenvalue weighted by Gasteiger charge is 2.39. The average molecular weight is 387 g/mol. The summed E-state index contributed by atoms with van der Waals surface area (Å²) in [5, 5.41) is 6.22. The van der Waals surface area contributed by atoms with Crippen molar-refractivity contribution in [2.75, 3.05) is 18.1 Å². The van der Waals surface area contributed by atoms with Crippen LogP contribution in [0.5, 0.6) is 0 Å². The Morgan fingerprint density at radius 3 is 2.30 bits per heavy atom. The van der Waals surface area contributed by atoms with E-state index in [4.69, 9.17) is 0 Å². The van der Waals surface area contributed by atoms with Crippen LogP contribution in [0, 0.1) is 6.92 Å². The van der Waals surface area contributed by atoms with E-state index in [1.54, 1.807) is 6.92 Å². The second-order valence-electron chi connectivity index (χ2n) is 7.59. The molecule has 0 spiro atoms. The summed E-state index contributed by atoms with van der Waals surface area (Å²) >= 11 is 0. The number of sulfone groups is 1. The molecule has 0 aliphatic carbocycles. The highest BCUT2D eigenvalue weighted by molar-refractivity contribution is 7.91. The Hall–Kier alpha value is -2.18. The van der Waals surface area contributed by atoms with E-state index in [0.717, 1.165) is 11.1 Å². The van der Waals surface area contributed by atoms with E-state index in [0.29, 0.717) is 6.42 Å². The van der Waals surface area contributed by atoms with Gasteiger partial charge in [-0.05, 0) is 31.4 Å². The smallest absolute Gasteiger partial charge is 0.234 e. The van der Waals surface area contributed by atoms with Crippen LogP contribution < -0.4 is 10.6 Å². The van der Waals surface area contributed by atoms with Crippen molar-refractivity contribution in [1.29, 1.82) is 0 Å². The Morgan fingerprint density at radius 2 is 1.70 bits per heavy atom. The van der Waals surface area contributed by atoms with Crippen LogP contribution >= 0.6 is 0 Å². The van der Waals surface area contributed by atoms with Crippen molar-refractivity contribution in [3.8, 4) is 0 Å². The Balaban J connectivity index is 1.70. The lowest BCUT2D eigenvalue weighted by Gasteiger charge is -2.25. The number of aryl methyl sites for hydroxylation is 1. The topological polar surface area (TPSA) is 75.3 Å². The molecule has 1 amide bonds. The molecule has 27 heavy (non-hydrogen) atoms. The van der Waals surface area contributed by atoms with Crippen molar-refractivity contribution in [3.05, 3.63) is 71.3 Å². The van der Waals surface area contributed by atoms with Gasteiger partial charge < -0.3 is 5.32 Å². The van der Waals surface area contributed by atoms with Gasteiger partial charge in [-0.3, -0.25) is 10.1 Å². The van der Waals surface area contributed by atoms with Crippen LogP contribution in [0.15, 0.2) is 54.6 Å². The predicted molar refractivity (Wildman–Crippen MR) is 107 cm³/mol. The molecule has 2 atom stereocenters. The third-order valence-electron chi connectivity index (χ3n) is 4.95. The van der Waals surface area contributed by atoms with Gasteiger partial charge in [-0.25, -0.2) is 8.42 Å². The Morgan fingerprint density at radius 1 is 1.07 bits per heavy atom. The molecule has 5 nitrogen and oxygen atoms in total. The van der Waals surface area contributed by atoms with Crippen LogP contribution in [-0.2, 0) is 14.6 Å². The van der Waals surface area contributed by atoms with E-state index in [-0.39, 0.29) is 30.0 Å². The monoisotopic (exact) mass is 386 g/mol. The van der Waals surface area contributed by atoms with Gasteiger partial charge in [0.25, 0.3) is 0 Å². The highest BCUT2D eigenvalue weighted by atomic mass is 32.2. The SMILES string of the molecule is Cc1ccc([C@@H](NCC(=O)N[C@@]2(C)CCS(=O)(=O)C2)c2ccccc2)cc1. The molecule has 1 fully saturated rings. The number of nitrogens with one attached hydrogen (secondary N) is 2. The summed E-state index contributed by atoms with van der Waals surface area (Å²) in [4.78, 5) is 12.5. The van der Waals surface area contributed by atoms with Gasteiger partial charge in [0.2, 0.25) is 5.91 Å². The molecule has 2 aromatic rings. The Kier molecular flexibility index (Phi) is 5.67. The zero-order chi connectivity index (χ0) is 19.5. The Bertz CT molecular complexity index is 895. The molecule has 3 rings (SSSR count). The average Bonchev–Trinajstić information content (AvgIpc) is 2.90. The molecule has 0 saturated carbocycles. The van der Waals surface area contributed by atoms with Gasteiger partial charge in [0.1, 0.15) is 0 Å². The number of amides is 1. The fraction of sp³-hybridized carbons (Fsp3) is 0.381. The molecule has 6 heteroatoms. The number of carbonyl (C=O) groups is 1. The van der Waals surface area contributed by atoms with Gasteiger partial charge in [0.15, 0.2) is 9.84 Å². The van der Waals surface area contributed by atoms with Crippen LogP contribution in [0.25, 0.3) is 0 Å². The van der Waals surface area contributed by atoms with Gasteiger partial charge >= 0.3 is 0 Å². The molecule has 144 valence electrons. The summed E-state index contributed by atoms with van der Waals surface area (Å²) in [5.41, 5.74) is 2.65. The minimum atomic E-state index is -3.06. The number of carbonyl (C=O) groups excluding carboxylic acids is 1. The first-order chi connectivity index (χ1) is 12.8. The van der Waals surface area contributed by atoms with E-state index < -0.39 is 15.4 Å². The maximum atomic E-state index is 12.5. The van der Waals surface area contributed by atoms with Gasteiger partial charge in [-0.1, -0.05) is 60.2 Å². The molecule has 1 saturated heterocycles. The van der Waals surface area contributed by atoms with Gasteiger partial charge in [0.05, 0.1) is 29.6 Å². The first kappa shape index (κ1) is 19.6. The minimum Gasteiger partial charge on any atom is -0.349 e. The Labute approximate surface area is 161 Å². The second kappa shape index (κ2) is 7.82. The van der Waals surface area contributed by atoms with E-state index in [1.807, 2.05) is 37.3 Å². The molecule has 0 bridgehead atoms. The summed E-state index contributed by atoms with van der Waals surface area (Å²) in [6.45, 7) is 3.95. The standard InChI is InChI=1S/C21H26N2O3S/c1-16-8-10-18(11-9-16)20(17-6-4-3-5-7-17)22-14-19(24)23-21(2)12-13-27(25,26)15-21/h3-11,20,22H,12-15H2,1-2H3,(H,23,24)/t20-,21-/m0/s1. The molecule has 0 aromatic heterocycles. The van der Waals surface area contributed by atoms with Gasteiger partial charge in [-0.15, -0.1) is 0 Å². The van der Waals surface area contributed by atoms with E-state index in [2.05, 4.69) is 34.9 Å². The largest absolute Gasteiger partial charge is 0.349 e. The van der Waals surface area contributed by atoms with E-state index in [9.17, 15) is 13.2 Å².